The van der Waals surface area contributed by atoms with Crippen molar-refractivity contribution >= 4 is 17.1 Å². The summed E-state index contributed by atoms with van der Waals surface area (Å²) in [6.45, 7) is 23.8. The number of hydrogen-bond acceptors (Lipinski definition) is 1. The highest BCUT2D eigenvalue weighted by atomic mass is 15.1. The van der Waals surface area contributed by atoms with Crippen LogP contribution in [-0.2, 0) is 10.8 Å². The van der Waals surface area contributed by atoms with Gasteiger partial charge in [-0.25, -0.2) is 0 Å². The largest absolute Gasteiger partial charge is 0.310 e. The van der Waals surface area contributed by atoms with Crippen LogP contribution in [-0.4, -0.2) is 0 Å². The molecule has 0 bridgehead atoms. The Morgan fingerprint density at radius 1 is 0.449 bits per heavy atom. The molecule has 0 amide bonds. The first kappa shape index (κ1) is 49.8. The number of nitrogens with zero attached hydrogens (tertiary/aromatic N) is 1. The van der Waals surface area contributed by atoms with E-state index in [0.717, 1.165) is 11.4 Å². The normalized spacial score (nSPS) is 15.6. The van der Waals surface area contributed by atoms with Gasteiger partial charge in [-0.05, 0) is 166 Å². The molecule has 0 fully saturated rings. The van der Waals surface area contributed by atoms with Crippen molar-refractivity contribution in [1.29, 1.82) is 0 Å². The molecule has 358 valence electrons. The second-order valence-electron chi connectivity index (χ2n) is 21.5. The number of unbranched alkanes of at least 4 members (excludes halogenated alkanes) is 2. The van der Waals surface area contributed by atoms with Gasteiger partial charge in [-0.1, -0.05) is 222 Å². The first-order chi connectivity index (χ1) is 33.5. The quantitative estimate of drug-likeness (QED) is 0.0736. The van der Waals surface area contributed by atoms with E-state index in [-0.39, 0.29) is 10.8 Å². The van der Waals surface area contributed by atoms with E-state index in [0.29, 0.717) is 17.8 Å². The maximum atomic E-state index is 2.65. The third kappa shape index (κ3) is 10.0. The molecule has 0 heterocycles. The summed E-state index contributed by atoms with van der Waals surface area (Å²) in [5.41, 5.74) is 21.4. The molecule has 4 atom stereocenters. The van der Waals surface area contributed by atoms with Gasteiger partial charge in [0.1, 0.15) is 0 Å². The van der Waals surface area contributed by atoms with Crippen LogP contribution in [0.1, 0.15) is 197 Å². The Morgan fingerprint density at radius 3 is 1.58 bits per heavy atom. The molecule has 0 aliphatic heterocycles. The molecular formula is C68H81N. The van der Waals surface area contributed by atoms with E-state index >= 15 is 0 Å². The highest BCUT2D eigenvalue weighted by Crippen LogP contribution is 2.55. The number of anilines is 3. The Bertz CT molecular complexity index is 2730. The summed E-state index contributed by atoms with van der Waals surface area (Å²) in [7, 11) is 0. The van der Waals surface area contributed by atoms with Crippen LogP contribution in [0.3, 0.4) is 0 Å². The molecule has 1 aliphatic carbocycles. The number of fused-ring (bicyclic) bond motifs is 3. The van der Waals surface area contributed by atoms with Crippen LogP contribution in [0, 0.1) is 0 Å². The maximum Gasteiger partial charge on any atom is 0.0540 e. The Labute approximate surface area is 418 Å². The molecule has 0 radical (unpaired) electrons. The molecule has 0 N–H and O–H groups in total. The molecule has 4 unspecified atom stereocenters. The van der Waals surface area contributed by atoms with Gasteiger partial charge in [-0.2, -0.15) is 0 Å². The SMILES string of the molecule is CCCCC(CC)c1cc(-c2ccc(N(c3ccc4c(c3)C(C)(c3ccc(C(C)(C)C)cc3)c3ccccc3-4)c3ccccc3-c3ccccc3)cc2)cc(C(CC)CCCC)c1C(CC)CCC. The minimum atomic E-state index is -0.330. The summed E-state index contributed by atoms with van der Waals surface area (Å²) >= 11 is 0. The maximum absolute atomic E-state index is 2.65. The lowest BCUT2D eigenvalue weighted by molar-refractivity contribution is 0.519. The highest BCUT2D eigenvalue weighted by Gasteiger charge is 2.41. The van der Waals surface area contributed by atoms with Gasteiger partial charge in [0, 0.05) is 22.4 Å². The second-order valence-corrected chi connectivity index (χ2v) is 21.5. The second kappa shape index (κ2) is 22.0. The van der Waals surface area contributed by atoms with Crippen LogP contribution < -0.4 is 4.90 Å². The Morgan fingerprint density at radius 2 is 1.00 bits per heavy atom. The molecule has 1 nitrogen and oxygen atoms in total. The van der Waals surface area contributed by atoms with E-state index in [4.69, 9.17) is 0 Å². The summed E-state index contributed by atoms with van der Waals surface area (Å²) in [6.07, 6.45) is 13.6. The molecule has 0 aromatic heterocycles. The van der Waals surface area contributed by atoms with Gasteiger partial charge in [0.2, 0.25) is 0 Å². The molecule has 1 aliphatic rings. The van der Waals surface area contributed by atoms with Crippen molar-refractivity contribution in [2.24, 2.45) is 0 Å². The zero-order valence-corrected chi connectivity index (χ0v) is 44.0. The number of rotatable bonds is 20. The van der Waals surface area contributed by atoms with Crippen molar-refractivity contribution in [3.05, 3.63) is 197 Å². The Balaban J connectivity index is 1.31. The summed E-state index contributed by atoms with van der Waals surface area (Å²) in [5, 5.41) is 0. The van der Waals surface area contributed by atoms with Crippen molar-refractivity contribution < 1.29 is 0 Å². The topological polar surface area (TPSA) is 3.24 Å². The van der Waals surface area contributed by atoms with Crippen molar-refractivity contribution in [1.82, 2.24) is 0 Å². The van der Waals surface area contributed by atoms with E-state index in [1.54, 1.807) is 16.7 Å². The van der Waals surface area contributed by atoms with Crippen LogP contribution in [0.2, 0.25) is 0 Å². The fraction of sp³-hybridized carbons (Fsp3) is 0.382. The first-order valence-corrected chi connectivity index (χ1v) is 27.1. The number of hydrogen-bond donors (Lipinski definition) is 0. The van der Waals surface area contributed by atoms with Crippen LogP contribution in [0.25, 0.3) is 33.4 Å². The fourth-order valence-corrected chi connectivity index (χ4v) is 12.0. The third-order valence-corrected chi connectivity index (χ3v) is 16.0. The molecule has 1 heteroatoms. The smallest absolute Gasteiger partial charge is 0.0540 e. The van der Waals surface area contributed by atoms with Gasteiger partial charge in [0.05, 0.1) is 5.69 Å². The van der Waals surface area contributed by atoms with Gasteiger partial charge in [0.15, 0.2) is 0 Å². The summed E-state index contributed by atoms with van der Waals surface area (Å²) < 4.78 is 0. The van der Waals surface area contributed by atoms with Gasteiger partial charge in [0.25, 0.3) is 0 Å². The number of para-hydroxylation sites is 1. The first-order valence-electron chi connectivity index (χ1n) is 27.1. The van der Waals surface area contributed by atoms with E-state index in [1.807, 2.05) is 0 Å². The van der Waals surface area contributed by atoms with Gasteiger partial charge in [-0.15, -0.1) is 0 Å². The van der Waals surface area contributed by atoms with Gasteiger partial charge < -0.3 is 4.90 Å². The predicted molar refractivity (Wildman–Crippen MR) is 301 cm³/mol. The molecule has 7 aromatic rings. The lowest BCUT2D eigenvalue weighted by atomic mass is 9.73. The summed E-state index contributed by atoms with van der Waals surface area (Å²) in [4.78, 5) is 2.52. The van der Waals surface area contributed by atoms with Crippen LogP contribution in [0.4, 0.5) is 17.1 Å². The van der Waals surface area contributed by atoms with Crippen molar-refractivity contribution in [2.75, 3.05) is 4.90 Å². The highest BCUT2D eigenvalue weighted by molar-refractivity contribution is 5.91. The summed E-state index contributed by atoms with van der Waals surface area (Å²) in [6, 6.07) is 60.6. The zero-order chi connectivity index (χ0) is 48.7. The molecule has 7 aromatic carbocycles. The molecule has 8 rings (SSSR count). The minimum Gasteiger partial charge on any atom is -0.310 e. The monoisotopic (exact) mass is 912 g/mol. The van der Waals surface area contributed by atoms with Gasteiger partial charge >= 0.3 is 0 Å². The van der Waals surface area contributed by atoms with E-state index in [2.05, 4.69) is 232 Å². The molecule has 69 heavy (non-hydrogen) atoms. The lowest BCUT2D eigenvalue weighted by Crippen LogP contribution is -2.23. The average molecular weight is 912 g/mol. The van der Waals surface area contributed by atoms with E-state index in [1.165, 1.54) is 132 Å². The minimum absolute atomic E-state index is 0.0835. The summed E-state index contributed by atoms with van der Waals surface area (Å²) in [5.74, 6) is 1.75. The molecular weight excluding hydrogens is 831 g/mol. The lowest BCUT2D eigenvalue weighted by Gasteiger charge is -2.32. The molecule has 0 saturated carbocycles. The predicted octanol–water partition coefficient (Wildman–Crippen LogP) is 20.8. The van der Waals surface area contributed by atoms with Crippen LogP contribution in [0.5, 0.6) is 0 Å². The Hall–Kier alpha value is -5.66. The molecule has 0 saturated heterocycles. The van der Waals surface area contributed by atoms with Crippen LogP contribution >= 0.6 is 0 Å². The standard InChI is InChI=1S/C68H81N/c1-11-17-27-48(14-4)61-45-53(46-62(49(15-5)28-18-12-2)66(61)50(16-6)26-13-3)51-35-41-56(42-36-51)69(65-34-25-23-31-58(65)52-29-20-19-21-30-52)57-43-44-60-59-32-22-24-33-63(59)68(10,64(60)47-57)55-39-37-54(38-40-55)67(7,8)9/h19-25,29-50H,11-18,26-28H2,1-10H3. The van der Waals surface area contributed by atoms with Crippen LogP contribution in [0.15, 0.2) is 158 Å². The van der Waals surface area contributed by atoms with Gasteiger partial charge in [-0.3, -0.25) is 0 Å². The fourth-order valence-electron chi connectivity index (χ4n) is 12.0. The van der Waals surface area contributed by atoms with Crippen molar-refractivity contribution in [3.63, 3.8) is 0 Å². The van der Waals surface area contributed by atoms with Crippen molar-refractivity contribution in [3.8, 4) is 33.4 Å². The Kier molecular flexibility index (Phi) is 15.8. The van der Waals surface area contributed by atoms with E-state index in [9.17, 15) is 0 Å². The van der Waals surface area contributed by atoms with E-state index < -0.39 is 0 Å². The third-order valence-electron chi connectivity index (χ3n) is 16.0. The number of benzene rings is 7. The molecule has 0 spiro atoms. The van der Waals surface area contributed by atoms with Crippen molar-refractivity contribution in [2.45, 2.75) is 168 Å². The zero-order valence-electron chi connectivity index (χ0n) is 44.0. The average Bonchev–Trinajstić information content (AvgIpc) is 3.64.